The predicted octanol–water partition coefficient (Wildman–Crippen LogP) is 1.11. The number of unbranched alkanes of at least 4 members (excludes halogenated alkanes) is 1. The number of benzene rings is 1. The van der Waals surface area contributed by atoms with Gasteiger partial charge in [-0.15, -0.1) is 0 Å². The molecule has 1 amide bonds. The molecule has 2 N–H and O–H groups in total. The molecule has 0 spiro atoms. The smallest absolute Gasteiger partial charge is 0.271 e. The standard InChI is InChI=1S/C12H17N3O5S/c1-3-4-5-14(2)12(16)9-6-10(15(17)18)8-11(7-9)21(13,19)20/h6-8H,3-5H2,1-2H3,(H2,13,19,20). The van der Waals surface area contributed by atoms with Crippen molar-refractivity contribution in [1.29, 1.82) is 0 Å². The molecule has 1 aromatic rings. The first-order chi connectivity index (χ1) is 9.66. The van der Waals surface area contributed by atoms with Crippen LogP contribution in [-0.4, -0.2) is 37.7 Å². The Morgan fingerprint density at radius 2 is 2.00 bits per heavy atom. The van der Waals surface area contributed by atoms with Crippen LogP contribution in [0.4, 0.5) is 5.69 Å². The van der Waals surface area contributed by atoms with Gasteiger partial charge in [-0.3, -0.25) is 14.9 Å². The first kappa shape index (κ1) is 17.1. The minimum Gasteiger partial charge on any atom is -0.342 e. The molecule has 0 aliphatic heterocycles. The van der Waals surface area contributed by atoms with E-state index >= 15 is 0 Å². The van der Waals surface area contributed by atoms with E-state index in [1.54, 1.807) is 7.05 Å². The first-order valence-electron chi connectivity index (χ1n) is 6.24. The molecule has 21 heavy (non-hydrogen) atoms. The second-order valence-electron chi connectivity index (χ2n) is 4.60. The van der Waals surface area contributed by atoms with Gasteiger partial charge in [0.05, 0.1) is 9.82 Å². The van der Waals surface area contributed by atoms with Crippen LogP contribution < -0.4 is 5.14 Å². The molecule has 0 saturated heterocycles. The maximum Gasteiger partial charge on any atom is 0.271 e. The van der Waals surface area contributed by atoms with Gasteiger partial charge in [0.2, 0.25) is 10.0 Å². The Morgan fingerprint density at radius 1 is 1.38 bits per heavy atom. The highest BCUT2D eigenvalue weighted by molar-refractivity contribution is 7.89. The summed E-state index contributed by atoms with van der Waals surface area (Å²) in [5, 5.41) is 15.8. The molecular weight excluding hydrogens is 298 g/mol. The summed E-state index contributed by atoms with van der Waals surface area (Å²) >= 11 is 0. The fraction of sp³-hybridized carbons (Fsp3) is 0.417. The minimum atomic E-state index is -4.13. The summed E-state index contributed by atoms with van der Waals surface area (Å²) in [4.78, 5) is 23.2. The molecule has 1 aromatic carbocycles. The Balaban J connectivity index is 3.26. The third kappa shape index (κ3) is 4.50. The molecule has 0 saturated carbocycles. The largest absolute Gasteiger partial charge is 0.342 e. The number of nitro benzene ring substituents is 1. The molecule has 0 radical (unpaired) electrons. The molecule has 0 aliphatic carbocycles. The number of rotatable bonds is 6. The van der Waals surface area contributed by atoms with E-state index in [9.17, 15) is 23.3 Å². The highest BCUT2D eigenvalue weighted by Crippen LogP contribution is 2.21. The molecule has 0 atom stereocenters. The number of amides is 1. The van der Waals surface area contributed by atoms with Crippen LogP contribution in [-0.2, 0) is 10.0 Å². The number of hydrogen-bond donors (Lipinski definition) is 1. The van der Waals surface area contributed by atoms with E-state index in [0.717, 1.165) is 31.0 Å². The second-order valence-corrected chi connectivity index (χ2v) is 6.16. The normalized spacial score (nSPS) is 11.2. The number of nitrogens with two attached hydrogens (primary N) is 1. The SMILES string of the molecule is CCCCN(C)C(=O)c1cc([N+](=O)[O-])cc(S(N)(=O)=O)c1. The summed E-state index contributed by atoms with van der Waals surface area (Å²) in [7, 11) is -2.58. The summed E-state index contributed by atoms with van der Waals surface area (Å²) < 4.78 is 22.7. The molecule has 0 unspecified atom stereocenters. The second kappa shape index (κ2) is 6.64. The number of carbonyl (C=O) groups is 1. The minimum absolute atomic E-state index is 0.0770. The fourth-order valence-corrected chi connectivity index (χ4v) is 2.27. The third-order valence-corrected chi connectivity index (χ3v) is 3.76. The van der Waals surface area contributed by atoms with Crippen molar-refractivity contribution in [2.45, 2.75) is 24.7 Å². The molecule has 0 heterocycles. The average Bonchev–Trinajstić information content (AvgIpc) is 2.42. The highest BCUT2D eigenvalue weighted by Gasteiger charge is 2.21. The maximum absolute atomic E-state index is 12.2. The lowest BCUT2D eigenvalue weighted by Crippen LogP contribution is -2.28. The lowest BCUT2D eigenvalue weighted by Gasteiger charge is -2.17. The van der Waals surface area contributed by atoms with Crippen LogP contribution in [0.2, 0.25) is 0 Å². The Hall–Kier alpha value is -2.00. The van der Waals surface area contributed by atoms with Gasteiger partial charge in [-0.05, 0) is 12.5 Å². The van der Waals surface area contributed by atoms with E-state index in [0.29, 0.717) is 6.54 Å². The first-order valence-corrected chi connectivity index (χ1v) is 7.79. The van der Waals surface area contributed by atoms with Gasteiger partial charge in [-0.25, -0.2) is 13.6 Å². The van der Waals surface area contributed by atoms with Gasteiger partial charge >= 0.3 is 0 Å². The number of sulfonamides is 1. The molecule has 1 rings (SSSR count). The van der Waals surface area contributed by atoms with Gasteiger partial charge in [0.15, 0.2) is 0 Å². The Bertz CT molecular complexity index is 657. The molecule has 9 heteroatoms. The molecule has 8 nitrogen and oxygen atoms in total. The molecule has 0 aliphatic rings. The van der Waals surface area contributed by atoms with Crippen LogP contribution in [0.25, 0.3) is 0 Å². The number of non-ortho nitro benzene ring substituents is 1. The lowest BCUT2D eigenvalue weighted by atomic mass is 10.1. The van der Waals surface area contributed by atoms with E-state index in [1.807, 2.05) is 6.92 Å². The topological polar surface area (TPSA) is 124 Å². The quantitative estimate of drug-likeness (QED) is 0.622. The van der Waals surface area contributed by atoms with Crippen LogP contribution in [0, 0.1) is 10.1 Å². The zero-order valence-corrected chi connectivity index (χ0v) is 12.6. The van der Waals surface area contributed by atoms with E-state index in [-0.39, 0.29) is 5.56 Å². The molecular formula is C12H17N3O5S. The predicted molar refractivity (Wildman–Crippen MR) is 76.3 cm³/mol. The number of carbonyl (C=O) groups excluding carboxylic acids is 1. The zero-order valence-electron chi connectivity index (χ0n) is 11.8. The number of nitro groups is 1. The van der Waals surface area contributed by atoms with Crippen molar-refractivity contribution < 1.29 is 18.1 Å². The van der Waals surface area contributed by atoms with Crippen LogP contribution in [0.15, 0.2) is 23.1 Å². The van der Waals surface area contributed by atoms with E-state index < -0.39 is 31.4 Å². The van der Waals surface area contributed by atoms with Crippen molar-refractivity contribution in [3.63, 3.8) is 0 Å². The third-order valence-electron chi connectivity index (χ3n) is 2.87. The number of hydrogen-bond acceptors (Lipinski definition) is 5. The van der Waals surface area contributed by atoms with Gasteiger partial charge in [0, 0.05) is 31.3 Å². The monoisotopic (exact) mass is 315 g/mol. The van der Waals surface area contributed by atoms with Gasteiger partial charge in [0.1, 0.15) is 0 Å². The van der Waals surface area contributed by atoms with Crippen LogP contribution in [0.3, 0.4) is 0 Å². The summed E-state index contributed by atoms with van der Waals surface area (Å²) in [6.45, 7) is 2.44. The number of nitrogens with zero attached hydrogens (tertiary/aromatic N) is 2. The summed E-state index contributed by atoms with van der Waals surface area (Å²) in [6, 6.07) is 2.92. The van der Waals surface area contributed by atoms with E-state index in [2.05, 4.69) is 0 Å². The maximum atomic E-state index is 12.2. The summed E-state index contributed by atoms with van der Waals surface area (Å²) in [6.07, 6.45) is 1.66. The van der Waals surface area contributed by atoms with Crippen molar-refractivity contribution >= 4 is 21.6 Å². The van der Waals surface area contributed by atoms with Gasteiger partial charge in [-0.2, -0.15) is 0 Å². The van der Waals surface area contributed by atoms with Gasteiger partial charge < -0.3 is 4.90 Å². The highest BCUT2D eigenvalue weighted by atomic mass is 32.2. The van der Waals surface area contributed by atoms with Gasteiger partial charge in [0.25, 0.3) is 11.6 Å². The Morgan fingerprint density at radius 3 is 2.48 bits per heavy atom. The molecule has 0 bridgehead atoms. The lowest BCUT2D eigenvalue weighted by molar-refractivity contribution is -0.385. The summed E-state index contributed by atoms with van der Waals surface area (Å²) in [5.74, 6) is -0.489. The molecule has 0 fully saturated rings. The summed E-state index contributed by atoms with van der Waals surface area (Å²) in [5.41, 5.74) is -0.569. The van der Waals surface area contributed by atoms with E-state index in [1.165, 1.54) is 4.90 Å². The van der Waals surface area contributed by atoms with Crippen LogP contribution >= 0.6 is 0 Å². The average molecular weight is 315 g/mol. The van der Waals surface area contributed by atoms with Crippen molar-refractivity contribution in [1.82, 2.24) is 4.90 Å². The van der Waals surface area contributed by atoms with Crippen molar-refractivity contribution in [3.05, 3.63) is 33.9 Å². The zero-order chi connectivity index (χ0) is 16.2. The molecule has 0 aromatic heterocycles. The Labute approximate surface area is 122 Å². The van der Waals surface area contributed by atoms with Gasteiger partial charge in [-0.1, -0.05) is 13.3 Å². The molecule has 116 valence electrons. The van der Waals surface area contributed by atoms with Crippen LogP contribution in [0.5, 0.6) is 0 Å². The van der Waals surface area contributed by atoms with Crippen LogP contribution in [0.1, 0.15) is 30.1 Å². The Kier molecular flexibility index (Phi) is 5.39. The fourth-order valence-electron chi connectivity index (χ4n) is 1.69. The van der Waals surface area contributed by atoms with Crippen molar-refractivity contribution in [3.8, 4) is 0 Å². The van der Waals surface area contributed by atoms with E-state index in [4.69, 9.17) is 5.14 Å². The van der Waals surface area contributed by atoms with Crippen molar-refractivity contribution in [2.75, 3.05) is 13.6 Å². The number of primary sulfonamides is 1. The van der Waals surface area contributed by atoms with Crippen molar-refractivity contribution in [2.24, 2.45) is 5.14 Å².